The van der Waals surface area contributed by atoms with Gasteiger partial charge in [0.25, 0.3) is 0 Å². The molecule has 0 aromatic carbocycles. The number of aryl methyl sites for hydroxylation is 1. The topological polar surface area (TPSA) is 57.4 Å². The molecular weight excluding hydrogens is 512 g/mol. The second kappa shape index (κ2) is 15.7. The average Bonchev–Trinajstić information content (AvgIpc) is 3.81. The van der Waals surface area contributed by atoms with Gasteiger partial charge in [0.2, 0.25) is 0 Å². The molecule has 0 atom stereocenters. The normalized spacial score (nSPS) is 12.4. The van der Waals surface area contributed by atoms with E-state index in [4.69, 9.17) is 9.97 Å². The molecule has 0 radical (unpaired) electrons. The Balaban J connectivity index is 1.46. The number of nitrogens with one attached hydrogen (secondary N) is 2. The molecule has 5 rings (SSSR count). The fourth-order valence-electron chi connectivity index (χ4n) is 6.24. The first kappa shape index (κ1) is 30.1. The van der Waals surface area contributed by atoms with Crippen LogP contribution in [0.2, 0.25) is 0 Å². The van der Waals surface area contributed by atoms with Crippen molar-refractivity contribution in [2.75, 3.05) is 0 Å². The van der Waals surface area contributed by atoms with Crippen molar-refractivity contribution in [1.82, 2.24) is 19.9 Å². The molecule has 3 aromatic heterocycles. The van der Waals surface area contributed by atoms with E-state index in [0.29, 0.717) is 0 Å². The molecule has 2 aliphatic rings. The number of hydrogen-bond acceptors (Lipinski definition) is 2. The highest BCUT2D eigenvalue weighted by atomic mass is 14.8. The zero-order valence-corrected chi connectivity index (χ0v) is 26.0. The Morgan fingerprint density at radius 2 is 0.905 bits per heavy atom. The number of aromatic nitrogens is 4. The van der Waals surface area contributed by atoms with E-state index in [9.17, 15) is 0 Å². The smallest absolute Gasteiger partial charge is 0.0691 e. The summed E-state index contributed by atoms with van der Waals surface area (Å²) in [6.45, 7) is 4.56. The highest BCUT2D eigenvalue weighted by Gasteiger charge is 2.12. The zero-order chi connectivity index (χ0) is 29.0. The van der Waals surface area contributed by atoms with Crippen molar-refractivity contribution in [2.45, 2.75) is 117 Å². The Bertz CT molecular complexity index is 1420. The Hall–Kier alpha value is -3.40. The molecule has 4 nitrogen and oxygen atoms in total. The molecular formula is C38H50N4. The van der Waals surface area contributed by atoms with Crippen LogP contribution in [0.3, 0.4) is 0 Å². The quantitative estimate of drug-likeness (QED) is 0.117. The molecule has 2 aliphatic heterocycles. The van der Waals surface area contributed by atoms with Gasteiger partial charge in [0.15, 0.2) is 0 Å². The van der Waals surface area contributed by atoms with E-state index in [-0.39, 0.29) is 0 Å². The minimum atomic E-state index is 0.997. The van der Waals surface area contributed by atoms with E-state index >= 15 is 0 Å². The number of fused-ring (bicyclic) bond motifs is 8. The lowest BCUT2D eigenvalue weighted by Gasteiger charge is -2.05. The molecule has 4 heteroatoms. The number of nitrogens with zero attached hydrogens (tertiary/aromatic N) is 2. The molecule has 0 spiro atoms. The van der Waals surface area contributed by atoms with Crippen LogP contribution in [0.25, 0.3) is 46.4 Å². The van der Waals surface area contributed by atoms with Gasteiger partial charge in [-0.1, -0.05) is 90.9 Å². The van der Waals surface area contributed by atoms with Gasteiger partial charge in [-0.05, 0) is 91.9 Å². The van der Waals surface area contributed by atoms with Crippen molar-refractivity contribution < 1.29 is 0 Å². The van der Waals surface area contributed by atoms with Crippen molar-refractivity contribution in [3.05, 3.63) is 70.3 Å². The van der Waals surface area contributed by atoms with Crippen LogP contribution < -0.4 is 0 Å². The molecule has 0 unspecified atom stereocenters. The van der Waals surface area contributed by atoms with Crippen LogP contribution >= 0.6 is 0 Å². The van der Waals surface area contributed by atoms with Crippen LogP contribution in [0.1, 0.15) is 138 Å². The lowest BCUT2D eigenvalue weighted by atomic mass is 10.0. The maximum atomic E-state index is 5.07. The Labute approximate surface area is 252 Å². The highest BCUT2D eigenvalue weighted by Crippen LogP contribution is 2.25. The Morgan fingerprint density at radius 3 is 1.38 bits per heavy atom. The van der Waals surface area contributed by atoms with Crippen molar-refractivity contribution >= 4 is 46.4 Å². The maximum Gasteiger partial charge on any atom is 0.0691 e. The summed E-state index contributed by atoms with van der Waals surface area (Å²) in [5.41, 5.74) is 11.3. The van der Waals surface area contributed by atoms with Gasteiger partial charge in [-0.15, -0.1) is 0 Å². The molecule has 0 saturated heterocycles. The van der Waals surface area contributed by atoms with Crippen LogP contribution in [0.15, 0.2) is 36.4 Å². The van der Waals surface area contributed by atoms with Crippen molar-refractivity contribution in [3.8, 4) is 0 Å². The van der Waals surface area contributed by atoms with Gasteiger partial charge >= 0.3 is 0 Å². The molecule has 8 bridgehead atoms. The molecule has 42 heavy (non-hydrogen) atoms. The molecule has 5 heterocycles. The van der Waals surface area contributed by atoms with E-state index < -0.39 is 0 Å². The minimum Gasteiger partial charge on any atom is -0.355 e. The molecule has 0 amide bonds. The largest absolute Gasteiger partial charge is 0.355 e. The van der Waals surface area contributed by atoms with Gasteiger partial charge in [0.05, 0.1) is 22.8 Å². The standard InChI is InChI=1S/C38H50N4/c1-3-5-7-9-11-13-15-17-33-35-23-19-29(39-35)27-31-21-25-37(41-31)34(18-16-14-12-10-8-6-4-2)38-26-22-32(42-38)28-30-20-24-36(33)40-30/h19-28,39-40H,3-18H2,1-2H3. The lowest BCUT2D eigenvalue weighted by Crippen LogP contribution is -1.95. The number of rotatable bonds is 16. The molecule has 0 saturated carbocycles. The first-order valence-electron chi connectivity index (χ1n) is 16.8. The van der Waals surface area contributed by atoms with Crippen LogP contribution in [-0.2, 0) is 12.8 Å². The molecule has 0 aliphatic carbocycles. The van der Waals surface area contributed by atoms with Gasteiger partial charge in [0.1, 0.15) is 0 Å². The van der Waals surface area contributed by atoms with E-state index in [2.05, 4.69) is 84.5 Å². The van der Waals surface area contributed by atoms with Gasteiger partial charge in [-0.2, -0.15) is 0 Å². The minimum absolute atomic E-state index is 0.997. The summed E-state index contributed by atoms with van der Waals surface area (Å²) < 4.78 is 0. The summed E-state index contributed by atoms with van der Waals surface area (Å²) in [6.07, 6.45) is 29.0. The predicted octanol–water partition coefficient (Wildman–Crippen LogP) is 11.2. The molecule has 222 valence electrons. The number of H-pyrrole nitrogens is 2. The van der Waals surface area contributed by atoms with Crippen molar-refractivity contribution in [3.63, 3.8) is 0 Å². The van der Waals surface area contributed by atoms with Gasteiger partial charge in [-0.25, -0.2) is 9.97 Å². The van der Waals surface area contributed by atoms with Crippen LogP contribution in [0.4, 0.5) is 0 Å². The van der Waals surface area contributed by atoms with Crippen molar-refractivity contribution in [2.24, 2.45) is 0 Å². The van der Waals surface area contributed by atoms with E-state index in [0.717, 1.165) is 46.7 Å². The van der Waals surface area contributed by atoms with Crippen LogP contribution in [0, 0.1) is 0 Å². The molecule has 0 fully saturated rings. The fourth-order valence-corrected chi connectivity index (χ4v) is 6.24. The van der Waals surface area contributed by atoms with E-state index in [1.165, 1.54) is 112 Å². The SMILES string of the molecule is CCCCCCCCCc1c2nc(cc3ccc([nH]3)c(CCCCCCCCC)c3ccc(cc4nc1C=C4)[nH]3)C=C2. The Morgan fingerprint density at radius 1 is 0.476 bits per heavy atom. The third kappa shape index (κ3) is 8.33. The summed E-state index contributed by atoms with van der Waals surface area (Å²) in [7, 11) is 0. The number of aromatic amines is 2. The van der Waals surface area contributed by atoms with E-state index in [1.807, 2.05) is 0 Å². The summed E-state index contributed by atoms with van der Waals surface area (Å²) in [5, 5.41) is 0. The number of unbranched alkanes of at least 4 members (excludes halogenated alkanes) is 12. The van der Waals surface area contributed by atoms with Gasteiger partial charge in [0, 0.05) is 27.6 Å². The maximum absolute atomic E-state index is 5.07. The molecule has 2 N–H and O–H groups in total. The lowest BCUT2D eigenvalue weighted by molar-refractivity contribution is 0.589. The van der Waals surface area contributed by atoms with Gasteiger partial charge < -0.3 is 9.97 Å². The second-order valence-electron chi connectivity index (χ2n) is 12.2. The van der Waals surface area contributed by atoms with Crippen LogP contribution in [0.5, 0.6) is 0 Å². The number of hydrogen-bond donors (Lipinski definition) is 2. The molecule has 3 aromatic rings. The fraction of sp³-hybridized carbons (Fsp3) is 0.474. The van der Waals surface area contributed by atoms with E-state index in [1.54, 1.807) is 0 Å². The van der Waals surface area contributed by atoms with Gasteiger partial charge in [-0.3, -0.25) is 0 Å². The summed E-state index contributed by atoms with van der Waals surface area (Å²) >= 11 is 0. The third-order valence-corrected chi connectivity index (χ3v) is 8.68. The first-order chi connectivity index (χ1) is 20.7. The summed E-state index contributed by atoms with van der Waals surface area (Å²) in [5.74, 6) is 0. The second-order valence-corrected chi connectivity index (χ2v) is 12.2. The monoisotopic (exact) mass is 562 g/mol. The summed E-state index contributed by atoms with van der Waals surface area (Å²) in [6, 6.07) is 13.2. The third-order valence-electron chi connectivity index (χ3n) is 8.68. The van der Waals surface area contributed by atoms with Crippen molar-refractivity contribution in [1.29, 1.82) is 0 Å². The summed E-state index contributed by atoms with van der Waals surface area (Å²) in [4.78, 5) is 17.6. The van der Waals surface area contributed by atoms with Crippen LogP contribution in [-0.4, -0.2) is 19.9 Å². The predicted molar refractivity (Wildman–Crippen MR) is 182 cm³/mol. The highest BCUT2D eigenvalue weighted by molar-refractivity contribution is 5.80. The average molecular weight is 563 g/mol. The zero-order valence-electron chi connectivity index (χ0n) is 26.0. The Kier molecular flexibility index (Phi) is 11.3. The first-order valence-corrected chi connectivity index (χ1v) is 16.8.